The third kappa shape index (κ3) is 2.74. The Bertz CT molecular complexity index is 898. The van der Waals surface area contributed by atoms with E-state index in [0.717, 1.165) is 18.0 Å². The maximum atomic E-state index is 12.8. The van der Waals surface area contributed by atoms with Gasteiger partial charge in [-0.15, -0.1) is 0 Å². The van der Waals surface area contributed by atoms with Crippen LogP contribution in [0.4, 0.5) is 0 Å². The molecule has 1 aromatic carbocycles. The van der Waals surface area contributed by atoms with Crippen molar-refractivity contribution >= 4 is 42.8 Å². The van der Waals surface area contributed by atoms with Crippen molar-refractivity contribution in [3.63, 3.8) is 0 Å². The number of fused-ring (bicyclic) bond motifs is 1. The molecular weight excluding hydrogens is 348 g/mol. The van der Waals surface area contributed by atoms with Crippen molar-refractivity contribution in [1.29, 1.82) is 0 Å². The van der Waals surface area contributed by atoms with Crippen LogP contribution in [0.25, 0.3) is 11.0 Å². The van der Waals surface area contributed by atoms with E-state index in [4.69, 9.17) is 0 Å². The highest BCUT2D eigenvalue weighted by atomic mass is 32.2. The van der Waals surface area contributed by atoms with Gasteiger partial charge in [-0.25, -0.2) is 16.8 Å². The molecule has 1 saturated heterocycles. The monoisotopic (exact) mass is 362 g/mol. The van der Waals surface area contributed by atoms with E-state index in [9.17, 15) is 16.8 Å². The molecule has 11 heteroatoms. The van der Waals surface area contributed by atoms with Gasteiger partial charge < -0.3 is 0 Å². The molecule has 1 fully saturated rings. The second-order valence-corrected chi connectivity index (χ2v) is 9.37. The molecule has 0 bridgehead atoms. The number of sulfonamides is 2. The average molecular weight is 362 g/mol. The topological polar surface area (TPSA) is 101 Å². The number of benzene rings is 1. The zero-order valence-electron chi connectivity index (χ0n) is 11.7. The van der Waals surface area contributed by atoms with Crippen LogP contribution in [0.2, 0.25) is 0 Å². The summed E-state index contributed by atoms with van der Waals surface area (Å²) in [5.41, 5.74) is 0.902. The first kappa shape index (κ1) is 15.7. The lowest BCUT2D eigenvalue weighted by atomic mass is 10.3. The van der Waals surface area contributed by atoms with Gasteiger partial charge >= 0.3 is 0 Å². The van der Waals surface area contributed by atoms with Crippen LogP contribution in [-0.4, -0.2) is 66.6 Å². The Hall–Kier alpha value is -1.14. The first-order valence-corrected chi connectivity index (χ1v) is 10.5. The molecule has 0 spiro atoms. The van der Waals surface area contributed by atoms with Crippen LogP contribution >= 0.6 is 11.7 Å². The Morgan fingerprint density at radius 3 is 2.27 bits per heavy atom. The number of piperazine rings is 1. The Morgan fingerprint density at radius 2 is 1.64 bits per heavy atom. The SMILES string of the molecule is CS(=O)(=O)N1CCN(S(=O)(=O)c2cccc3nsnc23)CC1. The van der Waals surface area contributed by atoms with Gasteiger partial charge in [-0.05, 0) is 12.1 Å². The smallest absolute Gasteiger partial charge is 0.213 e. The summed E-state index contributed by atoms with van der Waals surface area (Å²) in [5, 5.41) is 0. The molecule has 22 heavy (non-hydrogen) atoms. The summed E-state index contributed by atoms with van der Waals surface area (Å²) >= 11 is 0.963. The fourth-order valence-corrected chi connectivity index (χ4v) is 5.37. The van der Waals surface area contributed by atoms with Crippen molar-refractivity contribution in [1.82, 2.24) is 17.4 Å². The molecule has 1 aliphatic rings. The van der Waals surface area contributed by atoms with Crippen LogP contribution < -0.4 is 0 Å². The summed E-state index contributed by atoms with van der Waals surface area (Å²) in [5.74, 6) is 0. The number of nitrogens with zero attached hydrogens (tertiary/aromatic N) is 4. The lowest BCUT2D eigenvalue weighted by Crippen LogP contribution is -2.50. The van der Waals surface area contributed by atoms with Gasteiger partial charge in [0.1, 0.15) is 15.9 Å². The van der Waals surface area contributed by atoms with Crippen molar-refractivity contribution in [3.8, 4) is 0 Å². The van der Waals surface area contributed by atoms with Crippen molar-refractivity contribution < 1.29 is 16.8 Å². The minimum absolute atomic E-state index is 0.117. The maximum absolute atomic E-state index is 12.8. The van der Waals surface area contributed by atoms with Gasteiger partial charge in [0.05, 0.1) is 18.0 Å². The van der Waals surface area contributed by atoms with Crippen LogP contribution in [0.15, 0.2) is 23.1 Å². The molecule has 0 atom stereocenters. The molecule has 0 N–H and O–H groups in total. The summed E-state index contributed by atoms with van der Waals surface area (Å²) in [6.45, 7) is 0.569. The van der Waals surface area contributed by atoms with Gasteiger partial charge in [0.2, 0.25) is 20.0 Å². The molecule has 0 amide bonds. The summed E-state index contributed by atoms with van der Waals surface area (Å²) < 4.78 is 59.2. The Labute approximate surface area is 132 Å². The molecule has 1 aromatic heterocycles. The van der Waals surface area contributed by atoms with Gasteiger partial charge in [0.15, 0.2) is 0 Å². The normalized spacial score (nSPS) is 18.8. The predicted octanol–water partition coefficient (Wildman–Crippen LogP) is -0.0428. The fraction of sp³-hybridized carbons (Fsp3) is 0.455. The average Bonchev–Trinajstić information content (AvgIpc) is 2.94. The van der Waals surface area contributed by atoms with Gasteiger partial charge in [-0.2, -0.15) is 17.4 Å². The molecule has 2 aromatic rings. The largest absolute Gasteiger partial charge is 0.245 e. The van der Waals surface area contributed by atoms with Crippen LogP contribution in [0.3, 0.4) is 0 Å². The summed E-state index contributed by atoms with van der Waals surface area (Å²) in [6, 6.07) is 4.84. The van der Waals surface area contributed by atoms with Crippen molar-refractivity contribution in [2.75, 3.05) is 32.4 Å². The number of hydrogen-bond acceptors (Lipinski definition) is 7. The molecule has 8 nitrogen and oxygen atoms in total. The first-order chi connectivity index (χ1) is 10.3. The molecule has 2 heterocycles. The van der Waals surface area contributed by atoms with Crippen LogP contribution in [0.5, 0.6) is 0 Å². The quantitative estimate of drug-likeness (QED) is 0.759. The van der Waals surface area contributed by atoms with E-state index in [1.807, 2.05) is 0 Å². The molecule has 0 radical (unpaired) electrons. The molecule has 0 unspecified atom stereocenters. The second-order valence-electron chi connectivity index (χ2n) is 4.95. The molecule has 120 valence electrons. The molecule has 0 aliphatic carbocycles. The highest BCUT2D eigenvalue weighted by molar-refractivity contribution is 7.89. The summed E-state index contributed by atoms with van der Waals surface area (Å²) in [6.07, 6.45) is 1.12. The second kappa shape index (κ2) is 5.49. The van der Waals surface area contributed by atoms with E-state index in [-0.39, 0.29) is 31.1 Å². The summed E-state index contributed by atoms with van der Waals surface area (Å²) in [7, 11) is -7.01. The zero-order chi connectivity index (χ0) is 16.0. The molecule has 3 rings (SSSR count). The Balaban J connectivity index is 1.90. The van der Waals surface area contributed by atoms with E-state index in [1.165, 1.54) is 14.7 Å². The number of rotatable bonds is 3. The minimum atomic E-state index is -3.71. The van der Waals surface area contributed by atoms with E-state index < -0.39 is 20.0 Å². The Kier molecular flexibility index (Phi) is 3.93. The minimum Gasteiger partial charge on any atom is -0.213 e. The van der Waals surface area contributed by atoms with Crippen LogP contribution in [-0.2, 0) is 20.0 Å². The van der Waals surface area contributed by atoms with E-state index >= 15 is 0 Å². The van der Waals surface area contributed by atoms with Crippen molar-refractivity contribution in [2.45, 2.75) is 4.90 Å². The first-order valence-electron chi connectivity index (χ1n) is 6.47. The highest BCUT2D eigenvalue weighted by Gasteiger charge is 2.32. The Morgan fingerprint density at radius 1 is 1.00 bits per heavy atom. The molecular formula is C11H14N4O4S3. The standard InChI is InChI=1S/C11H14N4O4S3/c1-21(16,17)14-5-7-15(8-6-14)22(18,19)10-4-2-3-9-11(10)13-20-12-9/h2-4H,5-8H2,1H3. The van der Waals surface area contributed by atoms with E-state index in [2.05, 4.69) is 8.75 Å². The number of aromatic nitrogens is 2. The van der Waals surface area contributed by atoms with Gasteiger partial charge in [-0.1, -0.05) is 6.07 Å². The van der Waals surface area contributed by atoms with E-state index in [0.29, 0.717) is 11.0 Å². The van der Waals surface area contributed by atoms with Crippen molar-refractivity contribution in [2.24, 2.45) is 0 Å². The molecule has 1 aliphatic heterocycles. The maximum Gasteiger partial charge on any atom is 0.245 e. The predicted molar refractivity (Wildman–Crippen MR) is 82.6 cm³/mol. The van der Waals surface area contributed by atoms with E-state index in [1.54, 1.807) is 12.1 Å². The highest BCUT2D eigenvalue weighted by Crippen LogP contribution is 2.25. The van der Waals surface area contributed by atoms with Crippen LogP contribution in [0, 0.1) is 0 Å². The van der Waals surface area contributed by atoms with Gasteiger partial charge in [0, 0.05) is 26.2 Å². The third-order valence-corrected chi connectivity index (χ3v) is 7.31. The number of hydrogen-bond donors (Lipinski definition) is 0. The van der Waals surface area contributed by atoms with Crippen LogP contribution in [0.1, 0.15) is 0 Å². The summed E-state index contributed by atoms with van der Waals surface area (Å²) in [4.78, 5) is 0.117. The lowest BCUT2D eigenvalue weighted by molar-refractivity contribution is 0.274. The lowest BCUT2D eigenvalue weighted by Gasteiger charge is -2.32. The third-order valence-electron chi connectivity index (χ3n) is 3.53. The van der Waals surface area contributed by atoms with Gasteiger partial charge in [-0.3, -0.25) is 0 Å². The van der Waals surface area contributed by atoms with Gasteiger partial charge in [0.25, 0.3) is 0 Å². The fourth-order valence-electron chi connectivity index (χ4n) is 2.37. The van der Waals surface area contributed by atoms with Crippen molar-refractivity contribution in [3.05, 3.63) is 18.2 Å². The zero-order valence-corrected chi connectivity index (χ0v) is 14.2. The molecule has 0 saturated carbocycles.